The Labute approximate surface area is 215 Å². The minimum absolute atomic E-state index is 0.0125. The maximum Gasteiger partial charge on any atom is 0.417 e. The van der Waals surface area contributed by atoms with E-state index in [-0.39, 0.29) is 40.3 Å². The van der Waals surface area contributed by atoms with Gasteiger partial charge in [0.2, 0.25) is 11.8 Å². The van der Waals surface area contributed by atoms with Gasteiger partial charge in [0.05, 0.1) is 21.2 Å². The standard InChI is InChI=1S/C23H23ClF4N4O4S/c1-37(35,36)15-4-5-18(17(25)11-15)30-19-3-2-7-31(22(19)34)14-6-8-32(20(33)10-14)21-16(24)9-13(12-29-21)23(26,27)28/h4-5,9,11-12,14,19,30H,2-3,6-8,10H2,1H3. The van der Waals surface area contributed by atoms with Gasteiger partial charge in [0.25, 0.3) is 0 Å². The van der Waals surface area contributed by atoms with Gasteiger partial charge in [-0.3, -0.25) is 14.5 Å². The number of hydrogen-bond acceptors (Lipinski definition) is 6. The number of carbonyl (C=O) groups is 2. The third-order valence-electron chi connectivity index (χ3n) is 6.41. The number of likely N-dealkylation sites (tertiary alicyclic amines) is 1. The second-order valence-corrected chi connectivity index (χ2v) is 11.4. The van der Waals surface area contributed by atoms with Gasteiger partial charge in [-0.2, -0.15) is 13.2 Å². The van der Waals surface area contributed by atoms with Gasteiger partial charge in [0.15, 0.2) is 15.7 Å². The number of nitrogens with zero attached hydrogens (tertiary/aromatic N) is 3. The van der Waals surface area contributed by atoms with Crippen molar-refractivity contribution in [3.63, 3.8) is 0 Å². The van der Waals surface area contributed by atoms with Gasteiger partial charge >= 0.3 is 6.18 Å². The van der Waals surface area contributed by atoms with E-state index >= 15 is 0 Å². The van der Waals surface area contributed by atoms with Gasteiger partial charge in [0, 0.05) is 38.0 Å². The number of aromatic nitrogens is 1. The summed E-state index contributed by atoms with van der Waals surface area (Å²) in [7, 11) is -3.59. The van der Waals surface area contributed by atoms with Crippen molar-refractivity contribution in [1.82, 2.24) is 9.88 Å². The minimum atomic E-state index is -4.62. The number of nitrogens with one attached hydrogen (secondary N) is 1. The van der Waals surface area contributed by atoms with Crippen LogP contribution in [0, 0.1) is 5.82 Å². The van der Waals surface area contributed by atoms with E-state index < -0.39 is 45.4 Å². The Morgan fingerprint density at radius 2 is 1.86 bits per heavy atom. The smallest absolute Gasteiger partial charge is 0.371 e. The lowest BCUT2D eigenvalue weighted by Gasteiger charge is -2.41. The molecule has 1 aromatic carbocycles. The number of amides is 2. The molecule has 2 fully saturated rings. The summed E-state index contributed by atoms with van der Waals surface area (Å²) in [6.45, 7) is 0.495. The molecule has 2 aromatic rings. The summed E-state index contributed by atoms with van der Waals surface area (Å²) in [5.41, 5.74) is -1.04. The van der Waals surface area contributed by atoms with E-state index in [4.69, 9.17) is 11.6 Å². The molecule has 200 valence electrons. The highest BCUT2D eigenvalue weighted by molar-refractivity contribution is 7.90. The van der Waals surface area contributed by atoms with Gasteiger partial charge in [-0.1, -0.05) is 11.6 Å². The fourth-order valence-corrected chi connectivity index (χ4v) is 5.42. The lowest BCUT2D eigenvalue weighted by Crippen LogP contribution is -2.56. The molecule has 2 saturated heterocycles. The highest BCUT2D eigenvalue weighted by Gasteiger charge is 2.39. The molecule has 2 aliphatic rings. The molecule has 8 nitrogen and oxygen atoms in total. The van der Waals surface area contributed by atoms with Crippen LogP contribution in [-0.2, 0) is 25.6 Å². The summed E-state index contributed by atoms with van der Waals surface area (Å²) in [4.78, 5) is 32.4. The van der Waals surface area contributed by atoms with Crippen molar-refractivity contribution in [1.29, 1.82) is 0 Å². The van der Waals surface area contributed by atoms with E-state index in [2.05, 4.69) is 10.3 Å². The second kappa shape index (κ2) is 10.1. The van der Waals surface area contributed by atoms with Crippen LogP contribution in [-0.4, -0.2) is 61.5 Å². The number of halogens is 5. The zero-order chi connectivity index (χ0) is 27.1. The van der Waals surface area contributed by atoms with Crippen molar-refractivity contribution in [2.75, 3.05) is 29.6 Å². The van der Waals surface area contributed by atoms with Crippen LogP contribution in [0.2, 0.25) is 5.02 Å². The van der Waals surface area contributed by atoms with Crippen molar-refractivity contribution in [3.8, 4) is 0 Å². The van der Waals surface area contributed by atoms with Crippen molar-refractivity contribution in [2.45, 2.75) is 48.8 Å². The molecule has 2 atom stereocenters. The predicted molar refractivity (Wildman–Crippen MR) is 127 cm³/mol. The Hall–Kier alpha value is -2.93. The van der Waals surface area contributed by atoms with E-state index in [0.29, 0.717) is 32.0 Å². The number of sulfone groups is 1. The summed E-state index contributed by atoms with van der Waals surface area (Å²) in [6.07, 6.45) is -1.76. The van der Waals surface area contributed by atoms with Crippen LogP contribution < -0.4 is 10.2 Å². The van der Waals surface area contributed by atoms with Crippen LogP contribution in [0.5, 0.6) is 0 Å². The average molecular weight is 563 g/mol. The molecule has 0 bridgehead atoms. The Kier molecular flexibility index (Phi) is 7.39. The van der Waals surface area contributed by atoms with Gasteiger partial charge in [-0.15, -0.1) is 0 Å². The van der Waals surface area contributed by atoms with Crippen LogP contribution in [0.4, 0.5) is 29.1 Å². The van der Waals surface area contributed by atoms with Crippen LogP contribution in [0.25, 0.3) is 0 Å². The van der Waals surface area contributed by atoms with E-state index in [1.165, 1.54) is 17.0 Å². The molecule has 0 spiro atoms. The van der Waals surface area contributed by atoms with Crippen molar-refractivity contribution < 1.29 is 35.6 Å². The number of rotatable bonds is 5. The van der Waals surface area contributed by atoms with Gasteiger partial charge in [-0.05, 0) is 43.5 Å². The number of hydrogen-bond donors (Lipinski definition) is 1. The lowest BCUT2D eigenvalue weighted by atomic mass is 9.96. The van der Waals surface area contributed by atoms with Crippen LogP contribution in [0.15, 0.2) is 35.4 Å². The summed E-state index contributed by atoms with van der Waals surface area (Å²) in [6, 6.07) is 2.90. The summed E-state index contributed by atoms with van der Waals surface area (Å²) in [5.74, 6) is -1.64. The quantitative estimate of drug-likeness (QED) is 0.555. The summed E-state index contributed by atoms with van der Waals surface area (Å²) >= 11 is 5.99. The number of anilines is 2. The van der Waals surface area contributed by atoms with E-state index in [0.717, 1.165) is 18.4 Å². The lowest BCUT2D eigenvalue weighted by molar-refractivity contribution is -0.139. The normalized spacial score (nSPS) is 21.4. The SMILES string of the molecule is CS(=O)(=O)c1ccc(NC2CCCN(C3CCN(c4ncc(C(F)(F)F)cc4Cl)C(=O)C3)C2=O)c(F)c1. The first-order valence-electron chi connectivity index (χ1n) is 11.4. The molecule has 1 N–H and O–H groups in total. The van der Waals surface area contributed by atoms with E-state index in [9.17, 15) is 35.6 Å². The number of benzene rings is 1. The maximum absolute atomic E-state index is 14.5. The monoisotopic (exact) mass is 562 g/mol. The van der Waals surface area contributed by atoms with Gasteiger partial charge in [0.1, 0.15) is 11.9 Å². The van der Waals surface area contributed by atoms with Crippen LogP contribution in [0.1, 0.15) is 31.2 Å². The molecular weight excluding hydrogens is 540 g/mol. The fraction of sp³-hybridized carbons (Fsp3) is 0.435. The first-order valence-corrected chi connectivity index (χ1v) is 13.6. The predicted octanol–water partition coefficient (Wildman–Crippen LogP) is 3.89. The zero-order valence-electron chi connectivity index (χ0n) is 19.6. The molecule has 0 radical (unpaired) electrons. The molecule has 1 aromatic heterocycles. The van der Waals surface area contributed by atoms with Crippen LogP contribution in [0.3, 0.4) is 0 Å². The zero-order valence-corrected chi connectivity index (χ0v) is 21.1. The van der Waals surface area contributed by atoms with Crippen molar-refractivity contribution in [2.24, 2.45) is 0 Å². The topological polar surface area (TPSA) is 99.7 Å². The Morgan fingerprint density at radius 3 is 2.46 bits per heavy atom. The number of pyridine rings is 1. The molecule has 2 aliphatic heterocycles. The third kappa shape index (κ3) is 5.82. The van der Waals surface area contributed by atoms with Gasteiger partial charge in [-0.25, -0.2) is 17.8 Å². The number of piperidine rings is 2. The largest absolute Gasteiger partial charge is 0.417 e. The molecule has 37 heavy (non-hydrogen) atoms. The molecule has 0 aliphatic carbocycles. The Bertz CT molecular complexity index is 1340. The first-order chi connectivity index (χ1) is 17.3. The van der Waals surface area contributed by atoms with E-state index in [1.807, 2.05) is 0 Å². The first kappa shape index (κ1) is 27.1. The highest BCUT2D eigenvalue weighted by Crippen LogP contribution is 2.35. The second-order valence-electron chi connectivity index (χ2n) is 9.00. The van der Waals surface area contributed by atoms with Gasteiger partial charge < -0.3 is 10.2 Å². The minimum Gasteiger partial charge on any atom is -0.371 e. The van der Waals surface area contributed by atoms with Crippen molar-refractivity contribution >= 4 is 44.8 Å². The molecule has 14 heteroatoms. The highest BCUT2D eigenvalue weighted by atomic mass is 35.5. The number of carbonyl (C=O) groups excluding carboxylic acids is 2. The number of alkyl halides is 3. The summed E-state index contributed by atoms with van der Waals surface area (Å²) < 4.78 is 76.5. The van der Waals surface area contributed by atoms with E-state index in [1.54, 1.807) is 4.90 Å². The van der Waals surface area contributed by atoms with Crippen LogP contribution >= 0.6 is 11.6 Å². The Morgan fingerprint density at radius 1 is 1.14 bits per heavy atom. The maximum atomic E-state index is 14.5. The molecule has 2 unspecified atom stereocenters. The van der Waals surface area contributed by atoms with Crippen molar-refractivity contribution in [3.05, 3.63) is 46.9 Å². The molecule has 4 rings (SSSR count). The molecule has 0 saturated carbocycles. The third-order valence-corrected chi connectivity index (χ3v) is 7.80. The molecular formula is C23H23ClF4N4O4S. The molecule has 3 heterocycles. The average Bonchev–Trinajstić information content (AvgIpc) is 2.80. The fourth-order valence-electron chi connectivity index (χ4n) is 4.52. The Balaban J connectivity index is 1.44. The molecule has 2 amide bonds. The summed E-state index contributed by atoms with van der Waals surface area (Å²) in [5, 5.41) is 2.54.